The molecule has 3 rings (SSSR count). The van der Waals surface area contributed by atoms with Gasteiger partial charge in [-0.1, -0.05) is 66.5 Å². The van der Waals surface area contributed by atoms with E-state index >= 15 is 0 Å². The number of likely N-dealkylation sites (N-methyl/N-ethyl adjacent to an activating group) is 1. The number of carbonyl (C=O) groups excluding carboxylic acids is 2. The molecule has 2 fully saturated rings. The number of hydrogen-bond acceptors (Lipinski definition) is 6. The van der Waals surface area contributed by atoms with Crippen LogP contribution in [0.3, 0.4) is 0 Å². The summed E-state index contributed by atoms with van der Waals surface area (Å²) in [5, 5.41) is 0. The first-order chi connectivity index (χ1) is 13.3. The number of rotatable bonds is 5. The van der Waals surface area contributed by atoms with Crippen molar-refractivity contribution in [3.05, 3.63) is 53.0 Å². The summed E-state index contributed by atoms with van der Waals surface area (Å²) in [6.45, 7) is -0.183. The van der Waals surface area contributed by atoms with Gasteiger partial charge in [-0.15, -0.1) is 0 Å². The molecule has 0 unspecified atom stereocenters. The number of thiocarbonyl (C=S) groups is 1. The van der Waals surface area contributed by atoms with Crippen LogP contribution in [0.2, 0.25) is 0 Å². The number of hydrogen-bond donors (Lipinski definition) is 0. The molecule has 0 spiro atoms. The van der Waals surface area contributed by atoms with Crippen LogP contribution in [-0.4, -0.2) is 65.5 Å². The van der Waals surface area contributed by atoms with Gasteiger partial charge in [-0.3, -0.25) is 14.5 Å². The van der Waals surface area contributed by atoms with Crippen molar-refractivity contribution >= 4 is 56.0 Å². The minimum absolute atomic E-state index is 0.0299. The minimum Gasteiger partial charge on any atom is -0.340 e. The average Bonchev–Trinajstić information content (AvgIpc) is 3.15. The quantitative estimate of drug-likeness (QED) is 0.520. The maximum atomic E-state index is 12.6. The molecule has 6 nitrogen and oxygen atoms in total. The zero-order valence-electron chi connectivity index (χ0n) is 15.3. The maximum Gasteiger partial charge on any atom is 0.266 e. The largest absolute Gasteiger partial charge is 0.340 e. The van der Waals surface area contributed by atoms with Crippen molar-refractivity contribution < 1.29 is 18.0 Å². The molecular formula is C19H20N2O4S3. The summed E-state index contributed by atoms with van der Waals surface area (Å²) >= 11 is 6.40. The summed E-state index contributed by atoms with van der Waals surface area (Å²) in [6, 6.07) is 9.34. The molecule has 9 heteroatoms. The van der Waals surface area contributed by atoms with Gasteiger partial charge in [0.15, 0.2) is 9.84 Å². The molecule has 0 saturated carbocycles. The van der Waals surface area contributed by atoms with Crippen molar-refractivity contribution in [1.82, 2.24) is 9.80 Å². The highest BCUT2D eigenvalue weighted by Gasteiger charge is 2.37. The lowest BCUT2D eigenvalue weighted by Crippen LogP contribution is -2.45. The minimum atomic E-state index is -3.09. The van der Waals surface area contributed by atoms with Crippen LogP contribution in [0, 0.1) is 0 Å². The summed E-state index contributed by atoms with van der Waals surface area (Å²) in [7, 11) is -1.51. The highest BCUT2D eigenvalue weighted by Crippen LogP contribution is 2.31. The Balaban J connectivity index is 1.62. The highest BCUT2D eigenvalue weighted by atomic mass is 32.2. The van der Waals surface area contributed by atoms with E-state index in [1.807, 2.05) is 36.4 Å². The van der Waals surface area contributed by atoms with Crippen LogP contribution in [0.5, 0.6) is 0 Å². The van der Waals surface area contributed by atoms with E-state index < -0.39 is 9.84 Å². The number of sulfone groups is 1. The molecule has 2 aliphatic heterocycles. The Labute approximate surface area is 174 Å². The Hall–Kier alpha value is -1.97. The first-order valence-corrected chi connectivity index (χ1v) is 11.7. The molecule has 0 aliphatic carbocycles. The molecule has 0 bridgehead atoms. The van der Waals surface area contributed by atoms with Gasteiger partial charge in [-0.25, -0.2) is 8.42 Å². The van der Waals surface area contributed by atoms with E-state index in [0.29, 0.717) is 15.6 Å². The van der Waals surface area contributed by atoms with Crippen LogP contribution >= 0.6 is 24.0 Å². The molecule has 148 valence electrons. The van der Waals surface area contributed by atoms with E-state index in [4.69, 9.17) is 12.2 Å². The van der Waals surface area contributed by atoms with E-state index in [2.05, 4.69) is 0 Å². The number of carbonyl (C=O) groups is 2. The topological polar surface area (TPSA) is 74.8 Å². The summed E-state index contributed by atoms with van der Waals surface area (Å²) in [4.78, 5) is 28.3. The Morgan fingerprint density at radius 2 is 2.07 bits per heavy atom. The summed E-state index contributed by atoms with van der Waals surface area (Å²) in [6.07, 6.45) is 5.77. The second-order valence-electron chi connectivity index (χ2n) is 6.62. The third-order valence-corrected chi connectivity index (χ3v) is 7.80. The molecular weight excluding hydrogens is 416 g/mol. The Morgan fingerprint density at radius 1 is 1.36 bits per heavy atom. The molecule has 28 heavy (non-hydrogen) atoms. The number of amides is 2. The normalized spacial score (nSPS) is 23.1. The second kappa shape index (κ2) is 8.59. The fourth-order valence-corrected chi connectivity index (χ4v) is 5.97. The van der Waals surface area contributed by atoms with Gasteiger partial charge in [0, 0.05) is 13.1 Å². The van der Waals surface area contributed by atoms with E-state index in [1.54, 1.807) is 19.2 Å². The Morgan fingerprint density at radius 3 is 2.71 bits per heavy atom. The summed E-state index contributed by atoms with van der Waals surface area (Å²) < 4.78 is 23.6. The van der Waals surface area contributed by atoms with Gasteiger partial charge < -0.3 is 4.90 Å². The van der Waals surface area contributed by atoms with E-state index in [1.165, 1.54) is 9.80 Å². The molecule has 0 radical (unpaired) electrons. The molecule has 2 heterocycles. The molecule has 0 aromatic heterocycles. The summed E-state index contributed by atoms with van der Waals surface area (Å²) in [5.74, 6) is -0.571. The van der Waals surface area contributed by atoms with Crippen molar-refractivity contribution in [1.29, 1.82) is 0 Å². The second-order valence-corrected chi connectivity index (χ2v) is 10.5. The van der Waals surface area contributed by atoms with Gasteiger partial charge in [-0.05, 0) is 18.1 Å². The standard InChI is InChI=1S/C19H20N2O4S3/c1-20(15-10-11-28(24,25)13-15)17(22)12-21-18(23)16(27-19(21)26)9-5-8-14-6-3-2-4-7-14/h2-9,15H,10-13H2,1H3/b8-5+,16-9-/t15-/m0/s1. The molecule has 1 aromatic carbocycles. The van der Waals surface area contributed by atoms with Gasteiger partial charge >= 0.3 is 0 Å². The molecule has 1 atom stereocenters. The lowest BCUT2D eigenvalue weighted by atomic mass is 10.2. The number of benzene rings is 1. The average molecular weight is 437 g/mol. The third-order valence-electron chi connectivity index (χ3n) is 4.65. The van der Waals surface area contributed by atoms with Crippen LogP contribution in [0.4, 0.5) is 0 Å². The molecule has 2 saturated heterocycles. The number of thioether (sulfide) groups is 1. The van der Waals surface area contributed by atoms with Crippen LogP contribution in [0.1, 0.15) is 12.0 Å². The van der Waals surface area contributed by atoms with E-state index in [-0.39, 0.29) is 35.9 Å². The van der Waals surface area contributed by atoms with Crippen LogP contribution in [0.15, 0.2) is 47.4 Å². The van der Waals surface area contributed by atoms with E-state index in [9.17, 15) is 18.0 Å². The van der Waals surface area contributed by atoms with Gasteiger partial charge in [0.2, 0.25) is 5.91 Å². The number of nitrogens with zero attached hydrogens (tertiary/aromatic N) is 2. The first-order valence-electron chi connectivity index (χ1n) is 8.70. The van der Waals surface area contributed by atoms with Crippen molar-refractivity contribution in [2.75, 3.05) is 25.1 Å². The third kappa shape index (κ3) is 4.89. The van der Waals surface area contributed by atoms with Crippen molar-refractivity contribution in [3.63, 3.8) is 0 Å². The van der Waals surface area contributed by atoms with Crippen molar-refractivity contribution in [3.8, 4) is 0 Å². The zero-order valence-corrected chi connectivity index (χ0v) is 17.7. The van der Waals surface area contributed by atoms with Gasteiger partial charge in [-0.2, -0.15) is 0 Å². The monoisotopic (exact) mass is 436 g/mol. The lowest BCUT2D eigenvalue weighted by Gasteiger charge is -2.25. The summed E-state index contributed by atoms with van der Waals surface area (Å²) in [5.41, 5.74) is 1.01. The Bertz CT molecular complexity index is 955. The SMILES string of the molecule is CN(C(=O)CN1C(=O)/C(=C/C=C/c2ccccc2)SC1=S)[C@H]1CCS(=O)(=O)C1. The molecule has 2 aliphatic rings. The fraction of sp³-hybridized carbons (Fsp3) is 0.316. The zero-order chi connectivity index (χ0) is 20.3. The van der Waals surface area contributed by atoms with Crippen LogP contribution in [-0.2, 0) is 19.4 Å². The van der Waals surface area contributed by atoms with Crippen molar-refractivity contribution in [2.24, 2.45) is 0 Å². The lowest BCUT2D eigenvalue weighted by molar-refractivity contribution is -0.135. The molecule has 2 amide bonds. The van der Waals surface area contributed by atoms with Crippen LogP contribution < -0.4 is 0 Å². The van der Waals surface area contributed by atoms with Crippen LogP contribution in [0.25, 0.3) is 6.08 Å². The number of allylic oxidation sites excluding steroid dienone is 2. The molecule has 0 N–H and O–H groups in total. The van der Waals surface area contributed by atoms with Gasteiger partial charge in [0.1, 0.15) is 10.9 Å². The molecule has 1 aromatic rings. The maximum absolute atomic E-state index is 12.6. The predicted molar refractivity (Wildman–Crippen MR) is 115 cm³/mol. The van der Waals surface area contributed by atoms with Gasteiger partial charge in [0.05, 0.1) is 16.4 Å². The highest BCUT2D eigenvalue weighted by molar-refractivity contribution is 8.26. The smallest absolute Gasteiger partial charge is 0.266 e. The fourth-order valence-electron chi connectivity index (χ4n) is 2.99. The van der Waals surface area contributed by atoms with Crippen molar-refractivity contribution in [2.45, 2.75) is 12.5 Å². The van der Waals surface area contributed by atoms with Gasteiger partial charge in [0.25, 0.3) is 5.91 Å². The Kier molecular flexibility index (Phi) is 6.36. The van der Waals surface area contributed by atoms with E-state index in [0.717, 1.165) is 17.3 Å². The first kappa shape index (κ1) is 20.8. The predicted octanol–water partition coefficient (Wildman–Crippen LogP) is 2.09.